The fourth-order valence-corrected chi connectivity index (χ4v) is 1.67. The summed E-state index contributed by atoms with van der Waals surface area (Å²) < 4.78 is 17.9. The molecule has 0 radical (unpaired) electrons. The number of para-hydroxylation sites is 1. The van der Waals surface area contributed by atoms with Gasteiger partial charge in [0.15, 0.2) is 0 Å². The summed E-state index contributed by atoms with van der Waals surface area (Å²) in [5.41, 5.74) is 1.44. The lowest BCUT2D eigenvalue weighted by molar-refractivity contribution is 0.384. The van der Waals surface area contributed by atoms with Crippen LogP contribution < -0.4 is 5.32 Å². The van der Waals surface area contributed by atoms with E-state index in [1.807, 2.05) is 30.3 Å². The molecule has 0 aliphatic heterocycles. The molecule has 1 aromatic carbocycles. The minimum atomic E-state index is -0.400. The fourth-order valence-electron chi connectivity index (χ4n) is 1.67. The van der Waals surface area contributed by atoms with Gasteiger partial charge in [0.2, 0.25) is 11.7 Å². The molecule has 1 N–H and O–H groups in total. The highest BCUT2D eigenvalue weighted by atomic mass is 19.1. The second-order valence-corrected chi connectivity index (χ2v) is 4.09. The number of nitrogens with zero attached hydrogens (tertiary/aromatic N) is 3. The molecule has 5 nitrogen and oxygen atoms in total. The SMILES string of the molecule is Fc1ccc(-c2noc(CNc3ccccc3)n2)nc1. The van der Waals surface area contributed by atoms with Gasteiger partial charge in [-0.05, 0) is 24.3 Å². The molecule has 3 aromatic rings. The van der Waals surface area contributed by atoms with E-state index in [4.69, 9.17) is 4.52 Å². The van der Waals surface area contributed by atoms with Crippen molar-refractivity contribution in [1.29, 1.82) is 0 Å². The van der Waals surface area contributed by atoms with Crippen LogP contribution in [0.1, 0.15) is 5.89 Å². The van der Waals surface area contributed by atoms with Gasteiger partial charge in [-0.25, -0.2) is 9.37 Å². The first-order valence-electron chi connectivity index (χ1n) is 6.05. The summed E-state index contributed by atoms with van der Waals surface area (Å²) in [6.07, 6.45) is 1.12. The van der Waals surface area contributed by atoms with E-state index in [1.165, 1.54) is 12.1 Å². The summed E-state index contributed by atoms with van der Waals surface area (Å²) in [5, 5.41) is 6.98. The third-order valence-corrected chi connectivity index (χ3v) is 2.64. The van der Waals surface area contributed by atoms with Crippen molar-refractivity contribution in [1.82, 2.24) is 15.1 Å². The standard InChI is InChI=1S/C14H11FN4O/c15-10-6-7-12(17-8-10)14-18-13(20-19-14)9-16-11-4-2-1-3-5-11/h1-8,16H,9H2. The highest BCUT2D eigenvalue weighted by molar-refractivity contribution is 5.47. The summed E-state index contributed by atoms with van der Waals surface area (Å²) in [6, 6.07) is 12.5. The number of hydrogen-bond acceptors (Lipinski definition) is 5. The van der Waals surface area contributed by atoms with E-state index in [-0.39, 0.29) is 0 Å². The number of anilines is 1. The van der Waals surface area contributed by atoms with Crippen molar-refractivity contribution < 1.29 is 8.91 Å². The monoisotopic (exact) mass is 270 g/mol. The molecule has 0 amide bonds. The molecule has 0 saturated heterocycles. The molecule has 0 fully saturated rings. The molecule has 6 heteroatoms. The number of hydrogen-bond donors (Lipinski definition) is 1. The van der Waals surface area contributed by atoms with Crippen molar-refractivity contribution in [2.75, 3.05) is 5.32 Å². The number of nitrogens with one attached hydrogen (secondary N) is 1. The van der Waals surface area contributed by atoms with Crippen LogP contribution in [0.2, 0.25) is 0 Å². The van der Waals surface area contributed by atoms with Crippen LogP contribution in [0.25, 0.3) is 11.5 Å². The molecule has 2 heterocycles. The van der Waals surface area contributed by atoms with Gasteiger partial charge < -0.3 is 9.84 Å². The van der Waals surface area contributed by atoms with E-state index in [9.17, 15) is 4.39 Å². The van der Waals surface area contributed by atoms with E-state index >= 15 is 0 Å². The molecule has 0 saturated carbocycles. The van der Waals surface area contributed by atoms with Crippen LogP contribution >= 0.6 is 0 Å². The highest BCUT2D eigenvalue weighted by Gasteiger charge is 2.09. The number of benzene rings is 1. The highest BCUT2D eigenvalue weighted by Crippen LogP contribution is 2.14. The Labute approximate surface area is 114 Å². The Kier molecular flexibility index (Phi) is 3.36. The maximum absolute atomic E-state index is 12.8. The van der Waals surface area contributed by atoms with E-state index in [0.717, 1.165) is 11.9 Å². The third kappa shape index (κ3) is 2.80. The Hall–Kier alpha value is -2.76. The van der Waals surface area contributed by atoms with Crippen molar-refractivity contribution in [2.24, 2.45) is 0 Å². The Balaban J connectivity index is 1.69. The predicted molar refractivity (Wildman–Crippen MR) is 71.3 cm³/mol. The molecule has 0 atom stereocenters. The van der Waals surface area contributed by atoms with Gasteiger partial charge in [0, 0.05) is 5.69 Å². The number of halogens is 1. The van der Waals surface area contributed by atoms with Crippen LogP contribution in [-0.2, 0) is 6.54 Å². The van der Waals surface area contributed by atoms with Gasteiger partial charge in [-0.1, -0.05) is 23.4 Å². The normalized spacial score (nSPS) is 10.4. The van der Waals surface area contributed by atoms with Crippen molar-refractivity contribution in [3.05, 3.63) is 60.4 Å². The third-order valence-electron chi connectivity index (χ3n) is 2.64. The van der Waals surface area contributed by atoms with Crippen molar-refractivity contribution in [2.45, 2.75) is 6.54 Å². The van der Waals surface area contributed by atoms with E-state index < -0.39 is 5.82 Å². The van der Waals surface area contributed by atoms with Crippen LogP contribution in [0.15, 0.2) is 53.2 Å². The van der Waals surface area contributed by atoms with Gasteiger partial charge in [-0.3, -0.25) is 0 Å². The fraction of sp³-hybridized carbons (Fsp3) is 0.0714. The maximum Gasteiger partial charge on any atom is 0.246 e. The van der Waals surface area contributed by atoms with Crippen LogP contribution in [0.5, 0.6) is 0 Å². The van der Waals surface area contributed by atoms with Gasteiger partial charge in [0.1, 0.15) is 11.5 Å². The van der Waals surface area contributed by atoms with Crippen LogP contribution in [0.4, 0.5) is 10.1 Å². The van der Waals surface area contributed by atoms with Crippen LogP contribution in [-0.4, -0.2) is 15.1 Å². The second kappa shape index (κ2) is 5.48. The summed E-state index contributed by atoms with van der Waals surface area (Å²) in [4.78, 5) is 8.10. The summed E-state index contributed by atoms with van der Waals surface area (Å²) in [7, 11) is 0. The van der Waals surface area contributed by atoms with Gasteiger partial charge in [-0.2, -0.15) is 4.98 Å². The van der Waals surface area contributed by atoms with Crippen LogP contribution in [0.3, 0.4) is 0 Å². The van der Waals surface area contributed by atoms with E-state index in [1.54, 1.807) is 0 Å². The summed E-state index contributed by atoms with van der Waals surface area (Å²) >= 11 is 0. The zero-order valence-electron chi connectivity index (χ0n) is 10.5. The zero-order chi connectivity index (χ0) is 13.8. The van der Waals surface area contributed by atoms with Gasteiger partial charge in [0.05, 0.1) is 12.7 Å². The summed E-state index contributed by atoms with van der Waals surface area (Å²) in [6.45, 7) is 0.415. The molecule has 0 aliphatic rings. The minimum absolute atomic E-state index is 0.342. The molecule has 0 aliphatic carbocycles. The van der Waals surface area contributed by atoms with E-state index in [2.05, 4.69) is 20.4 Å². The number of rotatable bonds is 4. The number of aromatic nitrogens is 3. The smallest absolute Gasteiger partial charge is 0.246 e. The topological polar surface area (TPSA) is 63.8 Å². The lowest BCUT2D eigenvalue weighted by atomic mass is 10.3. The Bertz CT molecular complexity index is 682. The van der Waals surface area contributed by atoms with Crippen LogP contribution in [0, 0.1) is 5.82 Å². The number of pyridine rings is 1. The minimum Gasteiger partial charge on any atom is -0.376 e. The molecule has 0 bridgehead atoms. The summed E-state index contributed by atoms with van der Waals surface area (Å²) in [5.74, 6) is 0.382. The zero-order valence-corrected chi connectivity index (χ0v) is 10.5. The Morgan fingerprint density at radius 3 is 2.70 bits per heavy atom. The molecular weight excluding hydrogens is 259 g/mol. The maximum atomic E-state index is 12.8. The largest absolute Gasteiger partial charge is 0.376 e. The van der Waals surface area contributed by atoms with Gasteiger partial charge in [-0.15, -0.1) is 0 Å². The molecule has 2 aromatic heterocycles. The van der Waals surface area contributed by atoms with Gasteiger partial charge >= 0.3 is 0 Å². The first kappa shape index (κ1) is 12.3. The lowest BCUT2D eigenvalue weighted by Gasteiger charge is -2.01. The lowest BCUT2D eigenvalue weighted by Crippen LogP contribution is -1.99. The van der Waals surface area contributed by atoms with Crippen molar-refractivity contribution in [3.63, 3.8) is 0 Å². The molecule has 0 spiro atoms. The molecule has 3 rings (SSSR count). The van der Waals surface area contributed by atoms with E-state index in [0.29, 0.717) is 24.0 Å². The average molecular weight is 270 g/mol. The van der Waals surface area contributed by atoms with Gasteiger partial charge in [0.25, 0.3) is 0 Å². The average Bonchev–Trinajstić information content (AvgIpc) is 2.96. The van der Waals surface area contributed by atoms with Crippen molar-refractivity contribution >= 4 is 5.69 Å². The molecule has 20 heavy (non-hydrogen) atoms. The first-order chi connectivity index (χ1) is 9.81. The Morgan fingerprint density at radius 1 is 1.10 bits per heavy atom. The van der Waals surface area contributed by atoms with Crippen molar-refractivity contribution in [3.8, 4) is 11.5 Å². The second-order valence-electron chi connectivity index (χ2n) is 4.09. The molecular formula is C14H11FN4O. The predicted octanol–water partition coefficient (Wildman–Crippen LogP) is 2.88. The quantitative estimate of drug-likeness (QED) is 0.789. The Morgan fingerprint density at radius 2 is 1.95 bits per heavy atom. The molecule has 0 unspecified atom stereocenters. The molecule has 100 valence electrons. The first-order valence-corrected chi connectivity index (χ1v) is 6.05.